The van der Waals surface area contributed by atoms with E-state index < -0.39 is 11.4 Å². The number of pyridine rings is 1. The number of carboxylic acid groups (broad SMARTS) is 1. The molecule has 1 N–H and O–H groups in total. The monoisotopic (exact) mass is 392 g/mol. The minimum atomic E-state index is -1.30. The lowest BCUT2D eigenvalue weighted by Crippen LogP contribution is -2.29. The highest BCUT2D eigenvalue weighted by molar-refractivity contribution is 5.96. The van der Waals surface area contributed by atoms with Crippen LogP contribution in [0.5, 0.6) is 5.88 Å². The second-order valence-electron chi connectivity index (χ2n) is 7.37. The third kappa shape index (κ3) is 3.63. The van der Waals surface area contributed by atoms with Crippen molar-refractivity contribution in [1.29, 1.82) is 0 Å². The molecule has 1 aliphatic rings. The molecule has 0 atom stereocenters. The minimum absolute atomic E-state index is 0.0324. The molecule has 0 aliphatic carbocycles. The summed E-state index contributed by atoms with van der Waals surface area (Å²) < 4.78 is 7.11. The number of ether oxygens (including phenoxy) is 1. The highest BCUT2D eigenvalue weighted by Gasteiger charge is 2.23. The number of aromatic carboxylic acids is 1. The topological polar surface area (TPSA) is 71.8 Å². The number of methoxy groups -OCH3 is 1. The van der Waals surface area contributed by atoms with E-state index in [0.717, 1.165) is 25.3 Å². The molecule has 4 rings (SSSR count). The Balaban J connectivity index is 1.81. The average molecular weight is 392 g/mol. The first-order valence-electron chi connectivity index (χ1n) is 9.87. The van der Waals surface area contributed by atoms with Crippen molar-refractivity contribution in [2.24, 2.45) is 0 Å². The fraction of sp³-hybridized carbons (Fsp3) is 0.304. The van der Waals surface area contributed by atoms with Crippen LogP contribution >= 0.6 is 0 Å². The van der Waals surface area contributed by atoms with E-state index in [9.17, 15) is 14.7 Å². The molecule has 3 aromatic rings. The molecular weight excluding hydrogens is 368 g/mol. The summed E-state index contributed by atoms with van der Waals surface area (Å²) in [5, 5.41) is 9.99. The summed E-state index contributed by atoms with van der Waals surface area (Å²) in [6.45, 7) is 3.16. The zero-order chi connectivity index (χ0) is 20.4. The first-order valence-corrected chi connectivity index (χ1v) is 9.87. The van der Waals surface area contributed by atoms with Crippen molar-refractivity contribution in [3.05, 3.63) is 69.9 Å². The van der Waals surface area contributed by atoms with Gasteiger partial charge < -0.3 is 9.84 Å². The normalized spacial score (nSPS) is 14.8. The van der Waals surface area contributed by atoms with Gasteiger partial charge in [-0.3, -0.25) is 14.3 Å². The van der Waals surface area contributed by atoms with Crippen LogP contribution in [0.2, 0.25) is 0 Å². The molecule has 1 aliphatic heterocycles. The summed E-state index contributed by atoms with van der Waals surface area (Å²) in [6, 6.07) is 15.0. The third-order valence-corrected chi connectivity index (χ3v) is 5.49. The van der Waals surface area contributed by atoms with Gasteiger partial charge in [0.2, 0.25) is 11.3 Å². The van der Waals surface area contributed by atoms with E-state index in [1.165, 1.54) is 31.9 Å². The Morgan fingerprint density at radius 3 is 2.38 bits per heavy atom. The number of nitrogens with zero attached hydrogens (tertiary/aromatic N) is 2. The maximum absolute atomic E-state index is 12.7. The number of hydrogen-bond acceptors (Lipinski definition) is 4. The van der Waals surface area contributed by atoms with Gasteiger partial charge in [-0.05, 0) is 55.8 Å². The number of piperidine rings is 1. The van der Waals surface area contributed by atoms with Crippen LogP contribution in [0.4, 0.5) is 0 Å². The maximum atomic E-state index is 12.7. The van der Waals surface area contributed by atoms with Crippen molar-refractivity contribution in [3.8, 4) is 11.6 Å². The zero-order valence-corrected chi connectivity index (χ0v) is 16.4. The number of benzene rings is 2. The Kier molecular flexibility index (Phi) is 5.36. The molecule has 0 unspecified atom stereocenters. The fourth-order valence-corrected chi connectivity index (χ4v) is 4.08. The second kappa shape index (κ2) is 8.09. The van der Waals surface area contributed by atoms with E-state index in [0.29, 0.717) is 10.9 Å². The van der Waals surface area contributed by atoms with Crippen LogP contribution in [0.3, 0.4) is 0 Å². The quantitative estimate of drug-likeness (QED) is 0.717. The number of aromatic nitrogens is 1. The van der Waals surface area contributed by atoms with E-state index in [2.05, 4.69) is 17.0 Å². The average Bonchev–Trinajstić information content (AvgIpc) is 2.75. The SMILES string of the molecule is COc1c(C(=O)O)c(=O)c2ccccc2n1-c1ccc(CN2CCCCC2)cc1. The highest BCUT2D eigenvalue weighted by Crippen LogP contribution is 2.27. The molecule has 0 radical (unpaired) electrons. The summed E-state index contributed by atoms with van der Waals surface area (Å²) >= 11 is 0. The van der Waals surface area contributed by atoms with Gasteiger partial charge in [0.15, 0.2) is 5.56 Å². The Hall–Kier alpha value is -3.12. The number of fused-ring (bicyclic) bond motifs is 1. The number of carbonyl (C=O) groups is 1. The van der Waals surface area contributed by atoms with Crippen LogP contribution in [-0.2, 0) is 6.54 Å². The Morgan fingerprint density at radius 2 is 1.72 bits per heavy atom. The number of para-hydroxylation sites is 1. The van der Waals surface area contributed by atoms with E-state index in [1.807, 2.05) is 18.2 Å². The molecule has 2 heterocycles. The predicted octanol–water partition coefficient (Wildman–Crippen LogP) is 3.68. The van der Waals surface area contributed by atoms with Crippen molar-refractivity contribution in [3.63, 3.8) is 0 Å². The van der Waals surface area contributed by atoms with Gasteiger partial charge in [0.25, 0.3) is 0 Å². The molecule has 0 saturated carbocycles. The van der Waals surface area contributed by atoms with E-state index in [-0.39, 0.29) is 11.4 Å². The molecule has 150 valence electrons. The number of hydrogen-bond donors (Lipinski definition) is 1. The van der Waals surface area contributed by atoms with Crippen molar-refractivity contribution < 1.29 is 14.6 Å². The number of rotatable bonds is 5. The summed E-state index contributed by atoms with van der Waals surface area (Å²) in [6.07, 6.45) is 3.80. The Labute approximate surface area is 169 Å². The van der Waals surface area contributed by atoms with Crippen LogP contribution in [0, 0.1) is 0 Å². The van der Waals surface area contributed by atoms with Gasteiger partial charge in [0, 0.05) is 17.6 Å². The molecule has 0 bridgehead atoms. The fourth-order valence-electron chi connectivity index (χ4n) is 4.08. The molecule has 0 amide bonds. The molecule has 29 heavy (non-hydrogen) atoms. The Bertz CT molecular complexity index is 1100. The Morgan fingerprint density at radius 1 is 1.03 bits per heavy atom. The molecule has 1 aromatic heterocycles. The standard InChI is InChI=1S/C23H24N2O4/c1-29-22-20(23(27)28)21(26)18-7-3-4-8-19(18)25(22)17-11-9-16(10-12-17)15-24-13-5-2-6-14-24/h3-4,7-12H,2,5-6,13-15H2,1H3,(H,27,28). The molecule has 1 fully saturated rings. The lowest BCUT2D eigenvalue weighted by atomic mass is 10.1. The van der Waals surface area contributed by atoms with Gasteiger partial charge in [-0.2, -0.15) is 0 Å². The van der Waals surface area contributed by atoms with E-state index >= 15 is 0 Å². The lowest BCUT2D eigenvalue weighted by molar-refractivity contribution is 0.0691. The largest absolute Gasteiger partial charge is 0.481 e. The summed E-state index contributed by atoms with van der Waals surface area (Å²) in [5.41, 5.74) is 1.68. The number of likely N-dealkylation sites (tertiary alicyclic amines) is 1. The van der Waals surface area contributed by atoms with Gasteiger partial charge in [-0.25, -0.2) is 4.79 Å². The smallest absolute Gasteiger partial charge is 0.345 e. The van der Waals surface area contributed by atoms with Crippen molar-refractivity contribution >= 4 is 16.9 Å². The summed E-state index contributed by atoms with van der Waals surface area (Å²) in [5.74, 6) is -1.27. The second-order valence-corrected chi connectivity index (χ2v) is 7.37. The highest BCUT2D eigenvalue weighted by atomic mass is 16.5. The molecule has 2 aromatic carbocycles. The predicted molar refractivity (Wildman–Crippen MR) is 112 cm³/mol. The number of carboxylic acids is 1. The van der Waals surface area contributed by atoms with Crippen molar-refractivity contribution in [2.75, 3.05) is 20.2 Å². The van der Waals surface area contributed by atoms with Crippen LogP contribution in [0.25, 0.3) is 16.6 Å². The molecule has 1 saturated heterocycles. The van der Waals surface area contributed by atoms with Gasteiger partial charge in [-0.1, -0.05) is 30.7 Å². The maximum Gasteiger partial charge on any atom is 0.345 e. The van der Waals surface area contributed by atoms with Gasteiger partial charge in [-0.15, -0.1) is 0 Å². The van der Waals surface area contributed by atoms with Crippen LogP contribution in [0.1, 0.15) is 35.2 Å². The van der Waals surface area contributed by atoms with Gasteiger partial charge in [0.1, 0.15) is 0 Å². The minimum Gasteiger partial charge on any atom is -0.481 e. The van der Waals surface area contributed by atoms with Crippen LogP contribution < -0.4 is 10.2 Å². The van der Waals surface area contributed by atoms with Gasteiger partial charge in [0.05, 0.1) is 12.6 Å². The van der Waals surface area contributed by atoms with Gasteiger partial charge >= 0.3 is 5.97 Å². The van der Waals surface area contributed by atoms with Crippen LogP contribution in [-0.4, -0.2) is 40.7 Å². The molecule has 0 spiro atoms. The lowest BCUT2D eigenvalue weighted by Gasteiger charge is -2.26. The van der Waals surface area contributed by atoms with E-state index in [4.69, 9.17) is 4.74 Å². The summed E-state index contributed by atoms with van der Waals surface area (Å²) in [7, 11) is 1.39. The first-order chi connectivity index (χ1) is 14.1. The first kappa shape index (κ1) is 19.2. The summed E-state index contributed by atoms with van der Waals surface area (Å²) in [4.78, 5) is 27.0. The third-order valence-electron chi connectivity index (χ3n) is 5.49. The van der Waals surface area contributed by atoms with E-state index in [1.54, 1.807) is 22.8 Å². The zero-order valence-electron chi connectivity index (χ0n) is 16.4. The van der Waals surface area contributed by atoms with Crippen LogP contribution in [0.15, 0.2) is 53.3 Å². The van der Waals surface area contributed by atoms with Crippen molar-refractivity contribution in [1.82, 2.24) is 9.47 Å². The molecule has 6 nitrogen and oxygen atoms in total. The van der Waals surface area contributed by atoms with Crippen molar-refractivity contribution in [2.45, 2.75) is 25.8 Å². The molecular formula is C23H24N2O4. The molecule has 6 heteroatoms.